The van der Waals surface area contributed by atoms with Crippen LogP contribution in [0.1, 0.15) is 11.1 Å². The molecule has 0 fully saturated rings. The van der Waals surface area contributed by atoms with Gasteiger partial charge in [0.2, 0.25) is 0 Å². The summed E-state index contributed by atoms with van der Waals surface area (Å²) in [5.41, 5.74) is 11.0. The predicted molar refractivity (Wildman–Crippen MR) is 117 cm³/mol. The van der Waals surface area contributed by atoms with E-state index in [0.717, 1.165) is 35.5 Å². The quantitative estimate of drug-likeness (QED) is 0.402. The van der Waals surface area contributed by atoms with Crippen LogP contribution in [0.3, 0.4) is 0 Å². The average molecular weight is 393 g/mol. The van der Waals surface area contributed by atoms with E-state index < -0.39 is 0 Å². The van der Waals surface area contributed by atoms with Crippen molar-refractivity contribution < 1.29 is 4.74 Å². The summed E-state index contributed by atoms with van der Waals surface area (Å²) in [5, 5.41) is 6.45. The SMILES string of the molecule is COCCNCc1ccc(Nc2nc(-c3cccc(N)c3C)cn(C)c2=O)cc1. The van der Waals surface area contributed by atoms with Gasteiger partial charge >= 0.3 is 0 Å². The maximum Gasteiger partial charge on any atom is 0.293 e. The molecule has 4 N–H and O–H groups in total. The Hall–Kier alpha value is -3.16. The van der Waals surface area contributed by atoms with Gasteiger partial charge in [0.25, 0.3) is 5.56 Å². The van der Waals surface area contributed by atoms with Crippen molar-refractivity contribution in [1.82, 2.24) is 14.9 Å². The van der Waals surface area contributed by atoms with Crippen LogP contribution >= 0.6 is 0 Å². The highest BCUT2D eigenvalue weighted by Crippen LogP contribution is 2.26. The predicted octanol–water partition coefficient (Wildman–Crippen LogP) is 2.82. The summed E-state index contributed by atoms with van der Waals surface area (Å²) in [7, 11) is 3.40. The third-order valence-electron chi connectivity index (χ3n) is 4.75. The zero-order valence-corrected chi connectivity index (χ0v) is 17.0. The van der Waals surface area contributed by atoms with Gasteiger partial charge in [0.05, 0.1) is 12.3 Å². The number of ether oxygens (including phenoxy) is 1. The molecule has 0 saturated heterocycles. The normalized spacial score (nSPS) is 10.9. The second-order valence-corrected chi connectivity index (χ2v) is 6.90. The topological polar surface area (TPSA) is 94.2 Å². The van der Waals surface area contributed by atoms with Crippen LogP contribution in [0.2, 0.25) is 0 Å². The number of benzene rings is 2. The summed E-state index contributed by atoms with van der Waals surface area (Å²) in [5.74, 6) is 0.276. The van der Waals surface area contributed by atoms with Gasteiger partial charge in [0.15, 0.2) is 5.82 Å². The molecule has 2 aromatic carbocycles. The Morgan fingerprint density at radius 2 is 1.93 bits per heavy atom. The van der Waals surface area contributed by atoms with E-state index in [1.54, 1.807) is 20.4 Å². The highest BCUT2D eigenvalue weighted by Gasteiger charge is 2.11. The van der Waals surface area contributed by atoms with Crippen LogP contribution in [0, 0.1) is 6.92 Å². The molecule has 0 amide bonds. The average Bonchev–Trinajstić information content (AvgIpc) is 2.72. The Morgan fingerprint density at radius 1 is 1.17 bits per heavy atom. The van der Waals surface area contributed by atoms with E-state index in [2.05, 4.69) is 15.6 Å². The standard InChI is InChI=1S/C22H27N5O2/c1-15-18(5-4-6-19(15)23)20-14-27(2)22(28)21(26-20)25-17-9-7-16(8-10-17)13-24-11-12-29-3/h4-10,14,24H,11-13,23H2,1-3H3,(H,25,26). The summed E-state index contributed by atoms with van der Waals surface area (Å²) in [6.45, 7) is 4.18. The van der Waals surface area contributed by atoms with Gasteiger partial charge < -0.3 is 25.7 Å². The Morgan fingerprint density at radius 3 is 2.66 bits per heavy atom. The Kier molecular flexibility index (Phi) is 6.64. The van der Waals surface area contributed by atoms with E-state index in [-0.39, 0.29) is 11.4 Å². The summed E-state index contributed by atoms with van der Waals surface area (Å²) in [6.07, 6.45) is 1.73. The van der Waals surface area contributed by atoms with E-state index in [9.17, 15) is 4.79 Å². The molecule has 1 aromatic heterocycles. The number of anilines is 3. The molecule has 3 aromatic rings. The molecule has 0 atom stereocenters. The van der Waals surface area contributed by atoms with Crippen LogP contribution in [-0.2, 0) is 18.3 Å². The number of aromatic nitrogens is 2. The van der Waals surface area contributed by atoms with Gasteiger partial charge in [0.1, 0.15) is 0 Å². The Bertz CT molecular complexity index is 1030. The number of nitrogen functional groups attached to an aromatic ring is 1. The van der Waals surface area contributed by atoms with Crippen molar-refractivity contribution >= 4 is 17.2 Å². The van der Waals surface area contributed by atoms with Gasteiger partial charge in [-0.2, -0.15) is 0 Å². The molecule has 7 nitrogen and oxygen atoms in total. The second-order valence-electron chi connectivity index (χ2n) is 6.90. The molecule has 0 radical (unpaired) electrons. The fourth-order valence-corrected chi connectivity index (χ4v) is 3.00. The minimum absolute atomic E-state index is 0.194. The lowest BCUT2D eigenvalue weighted by Gasteiger charge is -2.12. The van der Waals surface area contributed by atoms with Crippen LogP contribution in [0.4, 0.5) is 17.2 Å². The first-order chi connectivity index (χ1) is 14.0. The highest BCUT2D eigenvalue weighted by molar-refractivity contribution is 5.71. The summed E-state index contributed by atoms with van der Waals surface area (Å²) >= 11 is 0. The largest absolute Gasteiger partial charge is 0.398 e. The number of rotatable bonds is 8. The van der Waals surface area contributed by atoms with Crippen molar-refractivity contribution in [1.29, 1.82) is 0 Å². The lowest BCUT2D eigenvalue weighted by Crippen LogP contribution is -2.21. The molecule has 7 heteroatoms. The Labute approximate surface area is 170 Å². The molecular weight excluding hydrogens is 366 g/mol. The van der Waals surface area contributed by atoms with Crippen molar-refractivity contribution in [3.05, 3.63) is 70.1 Å². The number of nitrogens with zero attached hydrogens (tertiary/aromatic N) is 2. The van der Waals surface area contributed by atoms with Crippen molar-refractivity contribution in [3.8, 4) is 11.3 Å². The highest BCUT2D eigenvalue weighted by atomic mass is 16.5. The zero-order valence-electron chi connectivity index (χ0n) is 17.0. The second kappa shape index (κ2) is 9.36. The van der Waals surface area contributed by atoms with Gasteiger partial charge in [-0.3, -0.25) is 4.79 Å². The smallest absolute Gasteiger partial charge is 0.293 e. The fraction of sp³-hybridized carbons (Fsp3) is 0.273. The van der Waals surface area contributed by atoms with Crippen molar-refractivity contribution in [3.63, 3.8) is 0 Å². The number of nitrogens with one attached hydrogen (secondary N) is 2. The third-order valence-corrected chi connectivity index (χ3v) is 4.75. The van der Waals surface area contributed by atoms with Crippen LogP contribution in [0.5, 0.6) is 0 Å². The van der Waals surface area contributed by atoms with E-state index in [4.69, 9.17) is 10.5 Å². The summed E-state index contributed by atoms with van der Waals surface area (Å²) in [4.78, 5) is 17.1. The molecule has 3 rings (SSSR count). The van der Waals surface area contributed by atoms with E-state index in [1.165, 1.54) is 4.57 Å². The fourth-order valence-electron chi connectivity index (χ4n) is 3.00. The molecule has 0 saturated carbocycles. The van der Waals surface area contributed by atoms with Crippen LogP contribution in [0.25, 0.3) is 11.3 Å². The number of nitrogens with two attached hydrogens (primary N) is 1. The van der Waals surface area contributed by atoms with E-state index in [1.807, 2.05) is 49.4 Å². The van der Waals surface area contributed by atoms with Gasteiger partial charge in [-0.05, 0) is 36.2 Å². The minimum atomic E-state index is -0.194. The van der Waals surface area contributed by atoms with Crippen molar-refractivity contribution in [2.24, 2.45) is 7.05 Å². The zero-order chi connectivity index (χ0) is 20.8. The first-order valence-corrected chi connectivity index (χ1v) is 9.48. The monoisotopic (exact) mass is 393 g/mol. The van der Waals surface area contributed by atoms with Gasteiger partial charge in [-0.25, -0.2) is 4.98 Å². The van der Waals surface area contributed by atoms with E-state index >= 15 is 0 Å². The minimum Gasteiger partial charge on any atom is -0.398 e. The molecule has 0 unspecified atom stereocenters. The Balaban J connectivity index is 1.81. The molecule has 0 spiro atoms. The first-order valence-electron chi connectivity index (χ1n) is 9.48. The maximum atomic E-state index is 12.6. The molecule has 0 aliphatic carbocycles. The van der Waals surface area contributed by atoms with Crippen molar-refractivity contribution in [2.75, 3.05) is 31.3 Å². The lowest BCUT2D eigenvalue weighted by atomic mass is 10.0. The van der Waals surface area contributed by atoms with Gasteiger partial charge in [-0.1, -0.05) is 24.3 Å². The third kappa shape index (κ3) is 5.01. The van der Waals surface area contributed by atoms with Gasteiger partial charge in [0, 0.05) is 50.4 Å². The first kappa shape index (κ1) is 20.6. The molecule has 0 bridgehead atoms. The number of hydrogen-bond acceptors (Lipinski definition) is 6. The number of aryl methyl sites for hydroxylation is 1. The summed E-state index contributed by atoms with van der Waals surface area (Å²) in [6, 6.07) is 13.6. The summed E-state index contributed by atoms with van der Waals surface area (Å²) < 4.78 is 6.55. The van der Waals surface area contributed by atoms with Crippen LogP contribution in [-0.4, -0.2) is 29.8 Å². The molecule has 152 valence electrons. The maximum absolute atomic E-state index is 12.6. The van der Waals surface area contributed by atoms with Crippen molar-refractivity contribution in [2.45, 2.75) is 13.5 Å². The molecule has 1 heterocycles. The number of methoxy groups -OCH3 is 1. The molecule has 29 heavy (non-hydrogen) atoms. The van der Waals surface area contributed by atoms with Gasteiger partial charge in [-0.15, -0.1) is 0 Å². The van der Waals surface area contributed by atoms with E-state index in [0.29, 0.717) is 18.0 Å². The van der Waals surface area contributed by atoms with Crippen LogP contribution < -0.4 is 21.9 Å². The lowest BCUT2D eigenvalue weighted by molar-refractivity contribution is 0.199. The number of hydrogen-bond donors (Lipinski definition) is 3. The van der Waals surface area contributed by atoms with Crippen LogP contribution in [0.15, 0.2) is 53.5 Å². The molecular formula is C22H27N5O2. The molecule has 0 aliphatic rings. The molecule has 0 aliphatic heterocycles.